The maximum Gasteiger partial charge on any atom is 0.420 e. The Balaban J connectivity index is 2.10. The van der Waals surface area contributed by atoms with Crippen molar-refractivity contribution in [2.45, 2.75) is 18.5 Å². The smallest absolute Gasteiger partial charge is 0.420 e. The number of hydrogen-bond acceptors (Lipinski definition) is 4. The van der Waals surface area contributed by atoms with Gasteiger partial charge in [-0.3, -0.25) is 0 Å². The molecule has 3 aromatic rings. The molecule has 3 rings (SSSR count). The highest BCUT2D eigenvalue weighted by Crippen LogP contribution is 2.45. The molecule has 0 bridgehead atoms. The molecule has 0 saturated carbocycles. The SMILES string of the molecule is Nc1cc(Oc2ccc(C(F)(F)F)c(Oc3cc(N)cc(C(F)(F)F)c3)c2F)cc(C(F)(F)F)c1. The summed E-state index contributed by atoms with van der Waals surface area (Å²) >= 11 is 0. The molecule has 0 atom stereocenters. The first-order valence-corrected chi connectivity index (χ1v) is 9.16. The van der Waals surface area contributed by atoms with Gasteiger partial charge < -0.3 is 20.9 Å². The number of alkyl halides is 9. The molecule has 14 heteroatoms. The van der Waals surface area contributed by atoms with Crippen LogP contribution in [0.5, 0.6) is 23.0 Å². The molecule has 3 aromatic carbocycles. The lowest BCUT2D eigenvalue weighted by Gasteiger charge is -2.18. The summed E-state index contributed by atoms with van der Waals surface area (Å²) in [5, 5.41) is 0. The number of nitrogens with two attached hydrogens (primary N) is 2. The monoisotopic (exact) mass is 514 g/mol. The van der Waals surface area contributed by atoms with Gasteiger partial charge in [0.2, 0.25) is 5.82 Å². The predicted octanol–water partition coefficient (Wildman–Crippen LogP) is 7.63. The third-order valence-corrected chi connectivity index (χ3v) is 4.33. The second kappa shape index (κ2) is 8.74. The molecule has 0 aliphatic carbocycles. The summed E-state index contributed by atoms with van der Waals surface area (Å²) in [6.07, 6.45) is -15.1. The molecule has 0 spiro atoms. The van der Waals surface area contributed by atoms with Crippen LogP contribution in [0.2, 0.25) is 0 Å². The van der Waals surface area contributed by atoms with Gasteiger partial charge >= 0.3 is 18.5 Å². The first-order valence-electron chi connectivity index (χ1n) is 9.16. The average molecular weight is 514 g/mol. The van der Waals surface area contributed by atoms with E-state index in [2.05, 4.69) is 0 Å². The summed E-state index contributed by atoms with van der Waals surface area (Å²) in [5.74, 6) is -6.03. The van der Waals surface area contributed by atoms with Crippen LogP contribution in [0.1, 0.15) is 16.7 Å². The molecule has 0 unspecified atom stereocenters. The molecule has 0 aliphatic heterocycles. The number of hydrogen-bond donors (Lipinski definition) is 2. The van der Waals surface area contributed by atoms with Gasteiger partial charge in [0.15, 0.2) is 11.5 Å². The van der Waals surface area contributed by atoms with Crippen LogP contribution in [0.4, 0.5) is 55.3 Å². The van der Waals surface area contributed by atoms with Crippen LogP contribution in [0.15, 0.2) is 48.5 Å². The molecule has 188 valence electrons. The Morgan fingerprint density at radius 2 is 1.03 bits per heavy atom. The van der Waals surface area contributed by atoms with Crippen molar-refractivity contribution in [2.75, 3.05) is 11.5 Å². The number of rotatable bonds is 4. The second-order valence-corrected chi connectivity index (χ2v) is 7.03. The molecule has 0 aromatic heterocycles. The van der Waals surface area contributed by atoms with Crippen LogP contribution >= 0.6 is 0 Å². The third kappa shape index (κ3) is 6.00. The summed E-state index contributed by atoms with van der Waals surface area (Å²) in [4.78, 5) is 0. The second-order valence-electron chi connectivity index (χ2n) is 7.03. The number of anilines is 2. The Hall–Kier alpha value is -3.84. The van der Waals surface area contributed by atoms with Crippen molar-refractivity contribution >= 4 is 11.4 Å². The van der Waals surface area contributed by atoms with Crippen molar-refractivity contribution in [3.05, 3.63) is 71.0 Å². The summed E-state index contributed by atoms with van der Waals surface area (Å²) in [7, 11) is 0. The van der Waals surface area contributed by atoms with Crippen molar-refractivity contribution in [1.29, 1.82) is 0 Å². The fourth-order valence-electron chi connectivity index (χ4n) is 2.87. The number of halogens is 10. The number of benzene rings is 3. The van der Waals surface area contributed by atoms with Crippen molar-refractivity contribution in [3.63, 3.8) is 0 Å². The maximum atomic E-state index is 15.0. The fraction of sp³-hybridized carbons (Fsp3) is 0.143. The summed E-state index contributed by atoms with van der Waals surface area (Å²) in [6, 6.07) is 4.03. The molecule has 0 aliphatic rings. The lowest BCUT2D eigenvalue weighted by Crippen LogP contribution is -2.10. The van der Waals surface area contributed by atoms with Gasteiger partial charge in [-0.25, -0.2) is 0 Å². The molecule has 0 heterocycles. The van der Waals surface area contributed by atoms with Gasteiger partial charge in [0.05, 0.1) is 11.1 Å². The minimum Gasteiger partial charge on any atom is -0.454 e. The minimum absolute atomic E-state index is 0.279. The predicted molar refractivity (Wildman–Crippen MR) is 103 cm³/mol. The molecule has 0 saturated heterocycles. The normalized spacial score (nSPS) is 12.5. The topological polar surface area (TPSA) is 70.5 Å². The van der Waals surface area contributed by atoms with E-state index in [1.54, 1.807) is 0 Å². The van der Waals surface area contributed by atoms with Gasteiger partial charge in [-0.05, 0) is 36.4 Å². The lowest BCUT2D eigenvalue weighted by atomic mass is 10.1. The molecular formula is C21H12F10N2O2. The van der Waals surface area contributed by atoms with Crippen molar-refractivity contribution < 1.29 is 53.4 Å². The Bertz CT molecular complexity index is 1250. The Morgan fingerprint density at radius 3 is 1.46 bits per heavy atom. The van der Waals surface area contributed by atoms with E-state index in [1.165, 1.54) is 0 Å². The summed E-state index contributed by atoms with van der Waals surface area (Å²) < 4.78 is 143. The Morgan fingerprint density at radius 1 is 0.571 bits per heavy atom. The molecular weight excluding hydrogens is 502 g/mol. The van der Waals surface area contributed by atoms with Gasteiger partial charge in [0, 0.05) is 23.5 Å². The van der Waals surface area contributed by atoms with E-state index in [-0.39, 0.29) is 12.1 Å². The molecule has 35 heavy (non-hydrogen) atoms. The number of ether oxygens (including phenoxy) is 2. The molecule has 0 fully saturated rings. The zero-order valence-electron chi connectivity index (χ0n) is 16.9. The highest BCUT2D eigenvalue weighted by molar-refractivity contribution is 5.54. The van der Waals surface area contributed by atoms with Crippen molar-refractivity contribution in [3.8, 4) is 23.0 Å². The van der Waals surface area contributed by atoms with Gasteiger partial charge in [-0.15, -0.1) is 0 Å². The maximum absolute atomic E-state index is 15.0. The van der Waals surface area contributed by atoms with Crippen LogP contribution in [-0.2, 0) is 18.5 Å². The van der Waals surface area contributed by atoms with Gasteiger partial charge in [-0.1, -0.05) is 0 Å². The van der Waals surface area contributed by atoms with Crippen LogP contribution in [0.3, 0.4) is 0 Å². The molecule has 4 nitrogen and oxygen atoms in total. The lowest BCUT2D eigenvalue weighted by molar-refractivity contribution is -0.139. The van der Waals surface area contributed by atoms with Crippen molar-refractivity contribution in [2.24, 2.45) is 0 Å². The summed E-state index contributed by atoms with van der Waals surface area (Å²) in [6.45, 7) is 0. The van der Waals surface area contributed by atoms with Crippen LogP contribution in [-0.4, -0.2) is 0 Å². The zero-order chi connectivity index (χ0) is 26.3. The standard InChI is InChI=1S/C21H12F10N2O2/c22-17-16(34-13-5-9(19(23,24)25)3-11(32)7-13)2-1-15(21(29,30)31)18(17)35-14-6-10(20(26,27)28)4-12(33)8-14/h1-8H,32-33H2. The first-order chi connectivity index (χ1) is 15.9. The van der Waals surface area contributed by atoms with Gasteiger partial charge in [0.1, 0.15) is 17.1 Å². The van der Waals surface area contributed by atoms with E-state index < -0.39 is 75.4 Å². The highest BCUT2D eigenvalue weighted by atomic mass is 19.4. The van der Waals surface area contributed by atoms with Crippen LogP contribution < -0.4 is 20.9 Å². The minimum atomic E-state index is -5.23. The molecule has 4 N–H and O–H groups in total. The third-order valence-electron chi connectivity index (χ3n) is 4.33. The van der Waals surface area contributed by atoms with E-state index in [0.717, 1.165) is 12.1 Å². The zero-order valence-corrected chi connectivity index (χ0v) is 16.9. The Labute approximate surface area is 189 Å². The van der Waals surface area contributed by atoms with Gasteiger partial charge in [0.25, 0.3) is 0 Å². The molecule has 0 radical (unpaired) electrons. The van der Waals surface area contributed by atoms with E-state index in [4.69, 9.17) is 20.9 Å². The van der Waals surface area contributed by atoms with Crippen LogP contribution in [0, 0.1) is 5.82 Å². The van der Waals surface area contributed by atoms with E-state index in [1.807, 2.05) is 0 Å². The van der Waals surface area contributed by atoms with E-state index in [0.29, 0.717) is 24.3 Å². The molecule has 0 amide bonds. The Kier molecular flexibility index (Phi) is 6.44. The van der Waals surface area contributed by atoms with Crippen LogP contribution in [0.25, 0.3) is 0 Å². The highest BCUT2D eigenvalue weighted by Gasteiger charge is 2.38. The first kappa shape index (κ1) is 25.8. The van der Waals surface area contributed by atoms with E-state index >= 15 is 4.39 Å². The fourth-order valence-corrected chi connectivity index (χ4v) is 2.87. The van der Waals surface area contributed by atoms with Gasteiger partial charge in [-0.2, -0.15) is 43.9 Å². The summed E-state index contributed by atoms with van der Waals surface area (Å²) in [5.41, 5.74) is 5.33. The largest absolute Gasteiger partial charge is 0.454 e. The van der Waals surface area contributed by atoms with E-state index in [9.17, 15) is 39.5 Å². The quantitative estimate of drug-likeness (QED) is 0.278. The van der Waals surface area contributed by atoms with Crippen molar-refractivity contribution in [1.82, 2.24) is 0 Å². The number of nitrogen functional groups attached to an aromatic ring is 2. The average Bonchev–Trinajstić information content (AvgIpc) is 2.68.